The summed E-state index contributed by atoms with van der Waals surface area (Å²) >= 11 is 0. The zero-order valence-electron chi connectivity index (χ0n) is 15.3. The number of fused-ring (bicyclic) bond motifs is 1. The van der Waals surface area contributed by atoms with E-state index in [1.807, 2.05) is 73.7 Å². The summed E-state index contributed by atoms with van der Waals surface area (Å²) in [7, 11) is 0. The first kappa shape index (κ1) is 17.0. The highest BCUT2D eigenvalue weighted by Crippen LogP contribution is 2.28. The van der Waals surface area contributed by atoms with Gasteiger partial charge in [0.1, 0.15) is 5.52 Å². The monoisotopic (exact) mass is 356 g/mol. The van der Waals surface area contributed by atoms with E-state index >= 15 is 0 Å². The third kappa shape index (κ3) is 3.47. The highest BCUT2D eigenvalue weighted by atomic mass is 16.3. The summed E-state index contributed by atoms with van der Waals surface area (Å²) in [5.41, 5.74) is 6.01. The highest BCUT2D eigenvalue weighted by molar-refractivity contribution is 6.05. The lowest BCUT2D eigenvalue weighted by Crippen LogP contribution is -2.11. The lowest BCUT2D eigenvalue weighted by molar-refractivity contribution is 0.102. The average Bonchev–Trinajstić information content (AvgIpc) is 3.11. The molecule has 4 rings (SSSR count). The molecule has 27 heavy (non-hydrogen) atoms. The molecule has 0 saturated heterocycles. The molecule has 0 fully saturated rings. The number of oxazole rings is 1. The van der Waals surface area contributed by atoms with Crippen LogP contribution in [0.5, 0.6) is 0 Å². The fourth-order valence-electron chi connectivity index (χ4n) is 3.03. The lowest BCUT2D eigenvalue weighted by atomic mass is 10.1. The molecule has 4 aromatic rings. The summed E-state index contributed by atoms with van der Waals surface area (Å²) in [6.45, 7) is 4.12. The SMILES string of the molecule is CCc1ccc(C(=O)Nc2ccc3oc(-c4ccccc4C)nc3c2)cc1. The van der Waals surface area contributed by atoms with Crippen LogP contribution in [0.4, 0.5) is 5.69 Å². The van der Waals surface area contributed by atoms with E-state index < -0.39 is 0 Å². The molecule has 1 amide bonds. The maximum atomic E-state index is 12.5. The number of benzene rings is 3. The molecule has 4 nitrogen and oxygen atoms in total. The van der Waals surface area contributed by atoms with Crippen molar-refractivity contribution in [3.05, 3.63) is 83.4 Å². The molecule has 0 aliphatic rings. The van der Waals surface area contributed by atoms with Gasteiger partial charge in [-0.05, 0) is 60.9 Å². The summed E-state index contributed by atoms with van der Waals surface area (Å²) < 4.78 is 5.88. The number of hydrogen-bond acceptors (Lipinski definition) is 3. The number of aryl methyl sites for hydroxylation is 2. The first-order valence-electron chi connectivity index (χ1n) is 9.01. The number of carbonyl (C=O) groups excluding carboxylic acids is 1. The second kappa shape index (κ2) is 7.08. The summed E-state index contributed by atoms with van der Waals surface area (Å²) in [4.78, 5) is 17.1. The molecule has 0 radical (unpaired) electrons. The third-order valence-electron chi connectivity index (χ3n) is 4.65. The van der Waals surface area contributed by atoms with Crippen LogP contribution in [0.3, 0.4) is 0 Å². The standard InChI is InChI=1S/C23H20N2O2/c1-3-16-8-10-17(11-9-16)22(26)24-18-12-13-21-20(14-18)25-23(27-21)19-7-5-4-6-15(19)2/h4-14H,3H2,1-2H3,(H,24,26). The van der Waals surface area contributed by atoms with E-state index in [-0.39, 0.29) is 5.91 Å². The molecule has 1 N–H and O–H groups in total. The maximum absolute atomic E-state index is 12.5. The minimum absolute atomic E-state index is 0.139. The van der Waals surface area contributed by atoms with Crippen molar-refractivity contribution in [2.45, 2.75) is 20.3 Å². The second-order valence-corrected chi connectivity index (χ2v) is 6.52. The summed E-state index contributed by atoms with van der Waals surface area (Å²) in [5.74, 6) is 0.446. The molecule has 0 spiro atoms. The van der Waals surface area contributed by atoms with Gasteiger partial charge in [0.25, 0.3) is 5.91 Å². The summed E-state index contributed by atoms with van der Waals surface area (Å²) in [6.07, 6.45) is 0.952. The fourth-order valence-corrected chi connectivity index (χ4v) is 3.03. The normalized spacial score (nSPS) is 10.9. The number of rotatable bonds is 4. The van der Waals surface area contributed by atoms with Crippen molar-refractivity contribution < 1.29 is 9.21 Å². The number of nitrogens with zero attached hydrogens (tertiary/aromatic N) is 1. The van der Waals surface area contributed by atoms with Gasteiger partial charge in [-0.25, -0.2) is 4.98 Å². The number of anilines is 1. The minimum Gasteiger partial charge on any atom is -0.436 e. The van der Waals surface area contributed by atoms with Crippen LogP contribution in [-0.2, 0) is 6.42 Å². The Morgan fingerprint density at radius 3 is 2.56 bits per heavy atom. The van der Waals surface area contributed by atoms with Crippen LogP contribution in [0.1, 0.15) is 28.4 Å². The van der Waals surface area contributed by atoms with E-state index in [0.29, 0.717) is 28.2 Å². The van der Waals surface area contributed by atoms with E-state index in [4.69, 9.17) is 4.42 Å². The topological polar surface area (TPSA) is 55.1 Å². The second-order valence-electron chi connectivity index (χ2n) is 6.52. The predicted molar refractivity (Wildman–Crippen MR) is 108 cm³/mol. The van der Waals surface area contributed by atoms with Gasteiger partial charge in [-0.2, -0.15) is 0 Å². The van der Waals surface area contributed by atoms with Gasteiger partial charge in [-0.1, -0.05) is 37.3 Å². The maximum Gasteiger partial charge on any atom is 0.255 e. The Labute approximate surface area is 157 Å². The van der Waals surface area contributed by atoms with E-state index in [1.54, 1.807) is 0 Å². The van der Waals surface area contributed by atoms with E-state index in [2.05, 4.69) is 17.2 Å². The van der Waals surface area contributed by atoms with Crippen molar-refractivity contribution in [2.75, 3.05) is 5.32 Å². The van der Waals surface area contributed by atoms with E-state index in [0.717, 1.165) is 17.5 Å². The Balaban J connectivity index is 1.59. The van der Waals surface area contributed by atoms with Gasteiger partial charge in [0.2, 0.25) is 5.89 Å². The van der Waals surface area contributed by atoms with Crippen molar-refractivity contribution in [1.29, 1.82) is 0 Å². The fraction of sp³-hybridized carbons (Fsp3) is 0.130. The van der Waals surface area contributed by atoms with Crippen molar-refractivity contribution in [3.63, 3.8) is 0 Å². The molecular formula is C23H20N2O2. The van der Waals surface area contributed by atoms with Crippen molar-refractivity contribution >= 4 is 22.7 Å². The van der Waals surface area contributed by atoms with E-state index in [9.17, 15) is 4.79 Å². The largest absolute Gasteiger partial charge is 0.436 e. The third-order valence-corrected chi connectivity index (χ3v) is 4.65. The molecule has 1 aromatic heterocycles. The van der Waals surface area contributed by atoms with Gasteiger partial charge in [0.15, 0.2) is 5.58 Å². The number of hydrogen-bond donors (Lipinski definition) is 1. The van der Waals surface area contributed by atoms with E-state index in [1.165, 1.54) is 5.56 Å². The van der Waals surface area contributed by atoms with Gasteiger partial charge in [0, 0.05) is 16.8 Å². The molecule has 0 aliphatic carbocycles. The van der Waals surface area contributed by atoms with Crippen molar-refractivity contribution in [3.8, 4) is 11.5 Å². The Hall–Kier alpha value is -3.40. The van der Waals surface area contributed by atoms with Gasteiger partial charge >= 0.3 is 0 Å². The molecule has 4 heteroatoms. The zero-order chi connectivity index (χ0) is 18.8. The van der Waals surface area contributed by atoms with Gasteiger partial charge in [-0.3, -0.25) is 4.79 Å². The Kier molecular flexibility index (Phi) is 4.47. The van der Waals surface area contributed by atoms with Crippen LogP contribution >= 0.6 is 0 Å². The predicted octanol–water partition coefficient (Wildman–Crippen LogP) is 5.62. The van der Waals surface area contributed by atoms with Crippen LogP contribution in [0.15, 0.2) is 71.1 Å². The lowest BCUT2D eigenvalue weighted by Gasteiger charge is -2.05. The van der Waals surface area contributed by atoms with Gasteiger partial charge in [-0.15, -0.1) is 0 Å². The molecule has 0 atom stereocenters. The van der Waals surface area contributed by atoms with Crippen molar-refractivity contribution in [1.82, 2.24) is 4.98 Å². The first-order chi connectivity index (χ1) is 13.1. The summed E-state index contributed by atoms with van der Waals surface area (Å²) in [6, 6.07) is 21.1. The van der Waals surface area contributed by atoms with Crippen LogP contribution in [-0.4, -0.2) is 10.9 Å². The highest BCUT2D eigenvalue weighted by Gasteiger charge is 2.12. The average molecular weight is 356 g/mol. The molecule has 0 unspecified atom stereocenters. The quantitative estimate of drug-likeness (QED) is 0.516. The molecule has 0 bridgehead atoms. The minimum atomic E-state index is -0.139. The molecule has 3 aromatic carbocycles. The van der Waals surface area contributed by atoms with Crippen molar-refractivity contribution in [2.24, 2.45) is 0 Å². The molecule has 0 aliphatic heterocycles. The zero-order valence-corrected chi connectivity index (χ0v) is 15.3. The molecule has 134 valence electrons. The smallest absolute Gasteiger partial charge is 0.255 e. The number of aromatic nitrogens is 1. The Morgan fingerprint density at radius 1 is 1.04 bits per heavy atom. The molecule has 0 saturated carbocycles. The van der Waals surface area contributed by atoms with Crippen LogP contribution in [0, 0.1) is 6.92 Å². The van der Waals surface area contributed by atoms with Crippen LogP contribution in [0.25, 0.3) is 22.6 Å². The summed E-state index contributed by atoms with van der Waals surface area (Å²) in [5, 5.41) is 2.93. The number of amides is 1. The number of nitrogens with one attached hydrogen (secondary N) is 1. The molecular weight excluding hydrogens is 336 g/mol. The van der Waals surface area contributed by atoms with Gasteiger partial charge < -0.3 is 9.73 Å². The van der Waals surface area contributed by atoms with Crippen LogP contribution in [0.2, 0.25) is 0 Å². The molecule has 1 heterocycles. The van der Waals surface area contributed by atoms with Gasteiger partial charge in [0.05, 0.1) is 0 Å². The first-order valence-corrected chi connectivity index (χ1v) is 9.01. The van der Waals surface area contributed by atoms with Crippen LogP contribution < -0.4 is 5.32 Å². The number of carbonyl (C=O) groups is 1. The Morgan fingerprint density at radius 2 is 1.81 bits per heavy atom. The Bertz CT molecular complexity index is 1110.